The minimum atomic E-state index is -0.435. The summed E-state index contributed by atoms with van der Waals surface area (Å²) in [5.74, 6) is 0.195. The fourth-order valence-corrected chi connectivity index (χ4v) is 3.08. The van der Waals surface area contributed by atoms with Gasteiger partial charge in [0.15, 0.2) is 0 Å². The van der Waals surface area contributed by atoms with E-state index >= 15 is 0 Å². The Labute approximate surface area is 129 Å². The lowest BCUT2D eigenvalue weighted by Crippen LogP contribution is -2.49. The molecule has 0 aliphatic carbocycles. The topological polar surface area (TPSA) is 51.7 Å². The standard InChI is InChI=1S/C16H21FN2O3/c1-11-4-9-22-15(11)16(20)19(13-5-7-21-8-6-13)14-3-2-12(17)10-18-14/h2-3,10-11,13,15H,4-9H2,1H3/t11-,15+/m1/s1. The van der Waals surface area contributed by atoms with Gasteiger partial charge in [0.25, 0.3) is 5.91 Å². The van der Waals surface area contributed by atoms with Crippen LogP contribution in [0.1, 0.15) is 26.2 Å². The number of aromatic nitrogens is 1. The van der Waals surface area contributed by atoms with Crippen LogP contribution in [0.4, 0.5) is 10.2 Å². The third-order valence-electron chi connectivity index (χ3n) is 4.38. The summed E-state index contributed by atoms with van der Waals surface area (Å²) in [6.07, 6.45) is 3.11. The number of carbonyl (C=O) groups is 1. The molecule has 120 valence electrons. The summed E-state index contributed by atoms with van der Waals surface area (Å²) in [6, 6.07) is 2.92. The van der Waals surface area contributed by atoms with E-state index in [0.29, 0.717) is 25.6 Å². The van der Waals surface area contributed by atoms with Crippen molar-refractivity contribution in [1.29, 1.82) is 0 Å². The van der Waals surface area contributed by atoms with Crippen molar-refractivity contribution in [3.05, 3.63) is 24.1 Å². The number of hydrogen-bond acceptors (Lipinski definition) is 4. The predicted molar refractivity (Wildman–Crippen MR) is 79.0 cm³/mol. The molecular weight excluding hydrogens is 287 g/mol. The summed E-state index contributed by atoms with van der Waals surface area (Å²) >= 11 is 0. The van der Waals surface area contributed by atoms with Gasteiger partial charge in [0.2, 0.25) is 0 Å². The number of anilines is 1. The zero-order chi connectivity index (χ0) is 15.5. The quantitative estimate of drug-likeness (QED) is 0.858. The summed E-state index contributed by atoms with van der Waals surface area (Å²) in [5.41, 5.74) is 0. The molecule has 0 saturated carbocycles. The van der Waals surface area contributed by atoms with Crippen LogP contribution in [0.5, 0.6) is 0 Å². The van der Waals surface area contributed by atoms with Crippen molar-refractivity contribution in [3.63, 3.8) is 0 Å². The molecule has 3 heterocycles. The number of hydrogen-bond donors (Lipinski definition) is 0. The first-order valence-corrected chi connectivity index (χ1v) is 7.81. The summed E-state index contributed by atoms with van der Waals surface area (Å²) < 4.78 is 24.1. The van der Waals surface area contributed by atoms with E-state index in [2.05, 4.69) is 4.98 Å². The van der Waals surface area contributed by atoms with Crippen LogP contribution in [-0.2, 0) is 14.3 Å². The highest BCUT2D eigenvalue weighted by molar-refractivity contribution is 5.96. The molecule has 2 atom stereocenters. The Morgan fingerprint density at radius 1 is 1.27 bits per heavy atom. The van der Waals surface area contributed by atoms with E-state index in [0.717, 1.165) is 25.5 Å². The van der Waals surface area contributed by atoms with Crippen LogP contribution >= 0.6 is 0 Å². The Morgan fingerprint density at radius 3 is 2.64 bits per heavy atom. The zero-order valence-corrected chi connectivity index (χ0v) is 12.7. The molecule has 0 bridgehead atoms. The normalized spacial score (nSPS) is 26.1. The maximum Gasteiger partial charge on any atom is 0.257 e. The van der Waals surface area contributed by atoms with Crippen LogP contribution in [-0.4, -0.2) is 42.9 Å². The molecule has 0 unspecified atom stereocenters. The van der Waals surface area contributed by atoms with E-state index in [1.54, 1.807) is 11.0 Å². The number of nitrogens with zero attached hydrogens (tertiary/aromatic N) is 2. The van der Waals surface area contributed by atoms with Gasteiger partial charge in [0, 0.05) is 25.9 Å². The molecule has 6 heteroatoms. The van der Waals surface area contributed by atoms with Gasteiger partial charge in [-0.15, -0.1) is 0 Å². The van der Waals surface area contributed by atoms with Gasteiger partial charge in [0.05, 0.1) is 6.20 Å². The Morgan fingerprint density at radius 2 is 2.05 bits per heavy atom. The van der Waals surface area contributed by atoms with Gasteiger partial charge in [0.1, 0.15) is 17.7 Å². The average molecular weight is 308 g/mol. The highest BCUT2D eigenvalue weighted by Crippen LogP contribution is 2.28. The number of ether oxygens (including phenoxy) is 2. The number of carbonyl (C=O) groups excluding carboxylic acids is 1. The lowest BCUT2D eigenvalue weighted by atomic mass is 10.0. The van der Waals surface area contributed by atoms with Crippen LogP contribution in [0.3, 0.4) is 0 Å². The second kappa shape index (κ2) is 6.71. The third-order valence-corrected chi connectivity index (χ3v) is 4.38. The monoisotopic (exact) mass is 308 g/mol. The van der Waals surface area contributed by atoms with Crippen LogP contribution in [0.2, 0.25) is 0 Å². The van der Waals surface area contributed by atoms with E-state index < -0.39 is 11.9 Å². The molecule has 1 aromatic rings. The zero-order valence-electron chi connectivity index (χ0n) is 12.7. The summed E-state index contributed by atoms with van der Waals surface area (Å²) in [4.78, 5) is 18.8. The maximum absolute atomic E-state index is 13.1. The van der Waals surface area contributed by atoms with Gasteiger partial charge in [-0.05, 0) is 37.3 Å². The number of rotatable bonds is 3. The maximum atomic E-state index is 13.1. The average Bonchev–Trinajstić information content (AvgIpc) is 2.96. The summed E-state index contributed by atoms with van der Waals surface area (Å²) in [6.45, 7) is 3.87. The lowest BCUT2D eigenvalue weighted by molar-refractivity contribution is -0.129. The fraction of sp³-hybridized carbons (Fsp3) is 0.625. The molecular formula is C16H21FN2O3. The SMILES string of the molecule is C[C@@H]1CCO[C@@H]1C(=O)N(c1ccc(F)cn1)C1CCOCC1. The van der Waals surface area contributed by atoms with Crippen molar-refractivity contribution in [1.82, 2.24) is 4.98 Å². The largest absolute Gasteiger partial charge is 0.381 e. The van der Waals surface area contributed by atoms with Gasteiger partial charge in [-0.2, -0.15) is 0 Å². The summed E-state index contributed by atoms with van der Waals surface area (Å²) in [7, 11) is 0. The van der Waals surface area contributed by atoms with Gasteiger partial charge in [-0.1, -0.05) is 6.92 Å². The van der Waals surface area contributed by atoms with Gasteiger partial charge in [-0.3, -0.25) is 9.69 Å². The smallest absolute Gasteiger partial charge is 0.257 e. The molecule has 2 aliphatic rings. The van der Waals surface area contributed by atoms with Gasteiger partial charge >= 0.3 is 0 Å². The van der Waals surface area contributed by atoms with Crippen molar-refractivity contribution < 1.29 is 18.7 Å². The van der Waals surface area contributed by atoms with Crippen LogP contribution in [0.15, 0.2) is 18.3 Å². The first-order chi connectivity index (χ1) is 10.7. The van der Waals surface area contributed by atoms with Crippen LogP contribution in [0, 0.1) is 11.7 Å². The van der Waals surface area contributed by atoms with E-state index in [9.17, 15) is 9.18 Å². The van der Waals surface area contributed by atoms with Crippen molar-refractivity contribution in [3.8, 4) is 0 Å². The molecule has 1 amide bonds. The fourth-order valence-electron chi connectivity index (χ4n) is 3.08. The summed E-state index contributed by atoms with van der Waals surface area (Å²) in [5, 5.41) is 0. The molecule has 0 N–H and O–H groups in total. The molecule has 0 aromatic carbocycles. The molecule has 0 spiro atoms. The van der Waals surface area contributed by atoms with Gasteiger partial charge in [-0.25, -0.2) is 9.37 Å². The lowest BCUT2D eigenvalue weighted by Gasteiger charge is -2.35. The Bertz CT molecular complexity index is 517. The van der Waals surface area contributed by atoms with E-state index in [1.807, 2.05) is 6.92 Å². The number of amides is 1. The Hall–Kier alpha value is -1.53. The Kier molecular flexibility index (Phi) is 4.69. The van der Waals surface area contributed by atoms with Gasteiger partial charge < -0.3 is 9.47 Å². The molecule has 5 nitrogen and oxygen atoms in total. The molecule has 0 radical (unpaired) electrons. The molecule has 2 saturated heterocycles. The highest BCUT2D eigenvalue weighted by atomic mass is 19.1. The number of pyridine rings is 1. The van der Waals surface area contributed by atoms with Crippen molar-refractivity contribution in [2.24, 2.45) is 5.92 Å². The minimum absolute atomic E-state index is 0.0237. The van der Waals surface area contributed by atoms with Crippen LogP contribution in [0.25, 0.3) is 0 Å². The molecule has 1 aromatic heterocycles. The van der Waals surface area contributed by atoms with E-state index in [4.69, 9.17) is 9.47 Å². The first-order valence-electron chi connectivity index (χ1n) is 7.81. The molecule has 22 heavy (non-hydrogen) atoms. The Balaban J connectivity index is 1.87. The third kappa shape index (κ3) is 3.13. The second-order valence-corrected chi connectivity index (χ2v) is 5.94. The molecule has 3 rings (SSSR count). The van der Waals surface area contributed by atoms with Crippen molar-refractivity contribution >= 4 is 11.7 Å². The first kappa shape index (κ1) is 15.4. The van der Waals surface area contributed by atoms with Crippen LogP contribution < -0.4 is 4.90 Å². The highest BCUT2D eigenvalue weighted by Gasteiger charge is 2.38. The second-order valence-electron chi connectivity index (χ2n) is 5.94. The number of halogens is 1. The van der Waals surface area contributed by atoms with Crippen molar-refractivity contribution in [2.75, 3.05) is 24.7 Å². The van der Waals surface area contributed by atoms with E-state index in [-0.39, 0.29) is 17.9 Å². The minimum Gasteiger partial charge on any atom is -0.381 e. The predicted octanol–water partition coefficient (Wildman–Crippen LogP) is 2.16. The van der Waals surface area contributed by atoms with E-state index in [1.165, 1.54) is 6.07 Å². The molecule has 2 aliphatic heterocycles. The van der Waals surface area contributed by atoms with Crippen molar-refractivity contribution in [2.45, 2.75) is 38.3 Å². The molecule has 2 fully saturated rings.